The van der Waals surface area contributed by atoms with Crippen LogP contribution in [-0.2, 0) is 9.84 Å². The summed E-state index contributed by atoms with van der Waals surface area (Å²) in [5.41, 5.74) is 0.0458. The van der Waals surface area contributed by atoms with Crippen LogP contribution in [0.15, 0.2) is 23.2 Å². The molecule has 0 bridgehead atoms. The van der Waals surface area contributed by atoms with Gasteiger partial charge in [0.05, 0.1) is 11.4 Å². The number of piperazine rings is 1. The first-order valence-corrected chi connectivity index (χ1v) is 12.0. The first-order chi connectivity index (χ1) is 13.5. The number of sulfone groups is 1. The molecule has 1 N–H and O–H groups in total. The largest absolute Gasteiger partial charge is 0.366 e. The summed E-state index contributed by atoms with van der Waals surface area (Å²) < 4.78 is 50.4. The van der Waals surface area contributed by atoms with Crippen LogP contribution in [0.2, 0.25) is 0 Å². The van der Waals surface area contributed by atoms with E-state index >= 15 is 0 Å². The zero-order valence-electron chi connectivity index (χ0n) is 18.1. The van der Waals surface area contributed by atoms with Gasteiger partial charge >= 0.3 is 0 Å². The summed E-state index contributed by atoms with van der Waals surface area (Å²) in [6.07, 6.45) is 1.79. The Kier molecular flexibility index (Phi) is 10.3. The van der Waals surface area contributed by atoms with Crippen LogP contribution in [0.3, 0.4) is 0 Å². The molecule has 0 atom stereocenters. The fourth-order valence-corrected chi connectivity index (χ4v) is 4.07. The summed E-state index contributed by atoms with van der Waals surface area (Å²) in [7, 11) is -3.00. The van der Waals surface area contributed by atoms with E-state index in [1.165, 1.54) is 12.3 Å². The Balaban J connectivity index is 0.00000450. The smallest absolute Gasteiger partial charge is 0.194 e. The van der Waals surface area contributed by atoms with Gasteiger partial charge in [0, 0.05) is 51.6 Å². The van der Waals surface area contributed by atoms with Crippen molar-refractivity contribution in [2.24, 2.45) is 10.4 Å². The molecule has 172 valence electrons. The van der Waals surface area contributed by atoms with Crippen molar-refractivity contribution >= 4 is 45.5 Å². The Labute approximate surface area is 196 Å². The predicted octanol–water partition coefficient (Wildman–Crippen LogP) is 3.13. The zero-order chi connectivity index (χ0) is 21.7. The molecule has 0 unspecified atom stereocenters. The highest BCUT2D eigenvalue weighted by molar-refractivity contribution is 14.0. The number of rotatable bonds is 7. The van der Waals surface area contributed by atoms with Crippen molar-refractivity contribution in [2.45, 2.75) is 27.2 Å². The maximum Gasteiger partial charge on any atom is 0.194 e. The number of hydrogen-bond donors (Lipinski definition) is 1. The lowest BCUT2D eigenvalue weighted by Gasteiger charge is -2.38. The van der Waals surface area contributed by atoms with Gasteiger partial charge < -0.3 is 15.1 Å². The van der Waals surface area contributed by atoms with Crippen molar-refractivity contribution in [1.29, 1.82) is 0 Å². The van der Waals surface area contributed by atoms with Crippen LogP contribution in [0.5, 0.6) is 0 Å². The highest BCUT2D eigenvalue weighted by Gasteiger charge is 2.24. The molecule has 1 aliphatic rings. The first kappa shape index (κ1) is 26.9. The van der Waals surface area contributed by atoms with E-state index in [0.29, 0.717) is 45.7 Å². The molecule has 1 saturated heterocycles. The second-order valence-electron chi connectivity index (χ2n) is 8.28. The minimum absolute atomic E-state index is 0. The Morgan fingerprint density at radius 1 is 1.20 bits per heavy atom. The summed E-state index contributed by atoms with van der Waals surface area (Å²) in [5.74, 6) is 0.0339. The SMILES string of the molecule is CCNC(=NCC(C)(C)CCS(C)(=O)=O)N1CCN(c2cc(F)ccc2F)CC1.I. The second-order valence-corrected chi connectivity index (χ2v) is 10.5. The van der Waals surface area contributed by atoms with Crippen LogP contribution in [0.1, 0.15) is 27.2 Å². The fourth-order valence-electron chi connectivity index (χ4n) is 3.14. The lowest BCUT2D eigenvalue weighted by Crippen LogP contribution is -2.53. The highest BCUT2D eigenvalue weighted by atomic mass is 127. The maximum atomic E-state index is 14.0. The molecule has 0 amide bonds. The minimum atomic E-state index is -3.00. The summed E-state index contributed by atoms with van der Waals surface area (Å²) in [5, 5.41) is 3.28. The molecule has 0 aromatic heterocycles. The Morgan fingerprint density at radius 2 is 1.83 bits per heavy atom. The molecule has 1 fully saturated rings. The molecular formula is C20H33F2IN4O2S. The van der Waals surface area contributed by atoms with E-state index in [1.54, 1.807) is 0 Å². The van der Waals surface area contributed by atoms with Crippen molar-refractivity contribution in [1.82, 2.24) is 10.2 Å². The molecule has 0 aliphatic carbocycles. The van der Waals surface area contributed by atoms with Gasteiger partial charge in [-0.25, -0.2) is 17.2 Å². The number of nitrogens with zero attached hydrogens (tertiary/aromatic N) is 3. The van der Waals surface area contributed by atoms with Gasteiger partial charge in [0.2, 0.25) is 0 Å². The number of anilines is 1. The molecule has 1 heterocycles. The number of halogens is 3. The van der Waals surface area contributed by atoms with Gasteiger partial charge in [0.1, 0.15) is 21.5 Å². The van der Waals surface area contributed by atoms with Crippen LogP contribution >= 0.6 is 24.0 Å². The summed E-state index contributed by atoms with van der Waals surface area (Å²) in [6, 6.07) is 3.51. The average Bonchev–Trinajstić information content (AvgIpc) is 2.65. The number of nitrogens with one attached hydrogen (secondary N) is 1. The molecule has 0 saturated carbocycles. The van der Waals surface area contributed by atoms with E-state index in [0.717, 1.165) is 18.1 Å². The minimum Gasteiger partial charge on any atom is -0.366 e. The topological polar surface area (TPSA) is 65.0 Å². The molecule has 0 radical (unpaired) electrons. The number of benzene rings is 1. The summed E-state index contributed by atoms with van der Waals surface area (Å²) >= 11 is 0. The number of aliphatic imine (C=N–C) groups is 1. The fraction of sp³-hybridized carbons (Fsp3) is 0.650. The quantitative estimate of drug-likeness (QED) is 0.317. The van der Waals surface area contributed by atoms with E-state index in [-0.39, 0.29) is 40.8 Å². The first-order valence-electron chi connectivity index (χ1n) is 9.92. The Hall–Kier alpha value is -1.17. The van der Waals surface area contributed by atoms with Crippen LogP contribution in [0, 0.1) is 17.0 Å². The second kappa shape index (κ2) is 11.4. The molecule has 1 aromatic carbocycles. The van der Waals surface area contributed by atoms with Crippen LogP contribution in [0.4, 0.5) is 14.5 Å². The van der Waals surface area contributed by atoms with Crippen molar-refractivity contribution < 1.29 is 17.2 Å². The molecule has 1 aromatic rings. The van der Waals surface area contributed by atoms with E-state index in [9.17, 15) is 17.2 Å². The van der Waals surface area contributed by atoms with Crippen LogP contribution < -0.4 is 10.2 Å². The molecule has 0 spiro atoms. The van der Waals surface area contributed by atoms with E-state index < -0.39 is 21.5 Å². The Morgan fingerprint density at radius 3 is 2.40 bits per heavy atom. The van der Waals surface area contributed by atoms with E-state index in [1.807, 2.05) is 25.7 Å². The molecule has 30 heavy (non-hydrogen) atoms. The van der Waals surface area contributed by atoms with Gasteiger partial charge in [0.15, 0.2) is 5.96 Å². The summed E-state index contributed by atoms with van der Waals surface area (Å²) in [4.78, 5) is 8.67. The third kappa shape index (κ3) is 8.52. The van der Waals surface area contributed by atoms with Gasteiger partial charge in [0.25, 0.3) is 0 Å². The van der Waals surface area contributed by atoms with E-state index in [4.69, 9.17) is 4.99 Å². The molecule has 6 nitrogen and oxygen atoms in total. The number of guanidine groups is 1. The van der Waals surface area contributed by atoms with E-state index in [2.05, 4.69) is 10.2 Å². The van der Waals surface area contributed by atoms with Gasteiger partial charge in [-0.2, -0.15) is 0 Å². The zero-order valence-corrected chi connectivity index (χ0v) is 21.3. The normalized spacial score (nSPS) is 15.7. The summed E-state index contributed by atoms with van der Waals surface area (Å²) in [6.45, 7) is 9.60. The van der Waals surface area contributed by atoms with Gasteiger partial charge in [-0.1, -0.05) is 13.8 Å². The molecular weight excluding hydrogens is 525 g/mol. The van der Waals surface area contributed by atoms with Gasteiger partial charge in [-0.05, 0) is 30.9 Å². The average molecular weight is 558 g/mol. The predicted molar refractivity (Wildman–Crippen MR) is 130 cm³/mol. The Bertz CT molecular complexity index is 826. The third-order valence-electron chi connectivity index (χ3n) is 4.97. The van der Waals surface area contributed by atoms with Crippen molar-refractivity contribution in [2.75, 3.05) is 56.2 Å². The molecule has 2 rings (SSSR count). The van der Waals surface area contributed by atoms with Crippen LogP contribution in [0.25, 0.3) is 0 Å². The maximum absolute atomic E-state index is 14.0. The highest BCUT2D eigenvalue weighted by Crippen LogP contribution is 2.23. The van der Waals surface area contributed by atoms with Crippen molar-refractivity contribution in [3.05, 3.63) is 29.8 Å². The van der Waals surface area contributed by atoms with Crippen molar-refractivity contribution in [3.63, 3.8) is 0 Å². The van der Waals surface area contributed by atoms with Crippen LogP contribution in [-0.4, -0.2) is 70.6 Å². The molecule has 10 heteroatoms. The molecule has 1 aliphatic heterocycles. The van der Waals surface area contributed by atoms with Gasteiger partial charge in [-0.15, -0.1) is 24.0 Å². The number of hydrogen-bond acceptors (Lipinski definition) is 4. The lowest BCUT2D eigenvalue weighted by molar-refractivity contribution is 0.347. The standard InChI is InChI=1S/C20H32F2N4O2S.HI/c1-5-23-19(24-15-20(2,3)8-13-29(4,27)28)26-11-9-25(10-12-26)18-14-16(21)6-7-17(18)22;/h6-7,14H,5,8-13,15H2,1-4H3,(H,23,24);1H. The monoisotopic (exact) mass is 558 g/mol. The lowest BCUT2D eigenvalue weighted by atomic mass is 9.90. The van der Waals surface area contributed by atoms with Gasteiger partial charge in [-0.3, -0.25) is 4.99 Å². The van der Waals surface area contributed by atoms with Crippen molar-refractivity contribution in [3.8, 4) is 0 Å². The third-order valence-corrected chi connectivity index (χ3v) is 5.92.